The van der Waals surface area contributed by atoms with Crippen LogP contribution < -0.4 is 0 Å². The van der Waals surface area contributed by atoms with Gasteiger partial charge >= 0.3 is 0 Å². The Labute approximate surface area is 221 Å². The predicted octanol–water partition coefficient (Wildman–Crippen LogP) is 9.46. The zero-order valence-corrected chi connectivity index (χ0v) is 20.8. The highest BCUT2D eigenvalue weighted by molar-refractivity contribution is 6.31. The quantitative estimate of drug-likeness (QED) is 0.238. The van der Waals surface area contributed by atoms with Gasteiger partial charge in [-0.15, -0.1) is 0 Å². The van der Waals surface area contributed by atoms with Crippen molar-refractivity contribution in [1.29, 1.82) is 0 Å². The van der Waals surface area contributed by atoms with E-state index in [1.807, 2.05) is 60.7 Å². The number of aromatic nitrogens is 2. The Morgan fingerprint density at radius 2 is 0.757 bits per heavy atom. The first-order valence-electron chi connectivity index (χ1n) is 12.2. The molecular formula is C34H23ClN2. The lowest BCUT2D eigenvalue weighted by molar-refractivity contribution is 1.18. The van der Waals surface area contributed by atoms with Crippen molar-refractivity contribution in [2.75, 3.05) is 0 Å². The molecule has 176 valence electrons. The highest BCUT2D eigenvalue weighted by atomic mass is 35.5. The minimum absolute atomic E-state index is 0.643. The predicted molar refractivity (Wildman–Crippen MR) is 154 cm³/mol. The van der Waals surface area contributed by atoms with Gasteiger partial charge in [0, 0.05) is 21.7 Å². The summed E-state index contributed by atoms with van der Waals surface area (Å²) in [4.78, 5) is 9.92. The fourth-order valence-electron chi connectivity index (χ4n) is 4.46. The molecule has 0 saturated heterocycles. The van der Waals surface area contributed by atoms with Crippen LogP contribution in [0.1, 0.15) is 0 Å². The molecule has 6 aromatic rings. The van der Waals surface area contributed by atoms with Crippen molar-refractivity contribution in [3.8, 4) is 56.2 Å². The highest BCUT2D eigenvalue weighted by Gasteiger charge is 2.12. The van der Waals surface area contributed by atoms with Gasteiger partial charge in [-0.3, -0.25) is 0 Å². The third kappa shape index (κ3) is 5.06. The summed E-state index contributed by atoms with van der Waals surface area (Å²) in [6.45, 7) is 0. The van der Waals surface area contributed by atoms with E-state index in [-0.39, 0.29) is 0 Å². The molecular weight excluding hydrogens is 472 g/mol. The van der Waals surface area contributed by atoms with Crippen molar-refractivity contribution in [3.63, 3.8) is 0 Å². The van der Waals surface area contributed by atoms with Crippen LogP contribution in [0.2, 0.25) is 5.02 Å². The Bertz CT molecular complexity index is 1590. The summed E-state index contributed by atoms with van der Waals surface area (Å²) in [5, 5.41) is 0.648. The summed E-state index contributed by atoms with van der Waals surface area (Å²) >= 11 is 6.63. The summed E-state index contributed by atoms with van der Waals surface area (Å²) in [6, 6.07) is 47.4. The average molecular weight is 495 g/mol. The van der Waals surface area contributed by atoms with Crippen LogP contribution in [0.3, 0.4) is 0 Å². The third-order valence-corrected chi connectivity index (χ3v) is 6.56. The van der Waals surface area contributed by atoms with Crippen molar-refractivity contribution in [2.45, 2.75) is 0 Å². The topological polar surface area (TPSA) is 25.8 Å². The van der Waals surface area contributed by atoms with E-state index in [2.05, 4.69) is 78.9 Å². The van der Waals surface area contributed by atoms with E-state index < -0.39 is 0 Å². The zero-order valence-electron chi connectivity index (χ0n) is 20.1. The molecule has 0 unspecified atom stereocenters. The molecule has 0 spiro atoms. The van der Waals surface area contributed by atoms with Gasteiger partial charge in [-0.25, -0.2) is 9.97 Å². The molecule has 0 saturated carbocycles. The van der Waals surface area contributed by atoms with E-state index in [9.17, 15) is 0 Å². The van der Waals surface area contributed by atoms with Gasteiger partial charge in [0.1, 0.15) is 0 Å². The molecule has 0 N–H and O–H groups in total. The molecule has 0 amide bonds. The minimum Gasteiger partial charge on any atom is -0.228 e. The molecule has 0 bridgehead atoms. The highest BCUT2D eigenvalue weighted by Crippen LogP contribution is 2.33. The molecule has 0 aliphatic rings. The lowest BCUT2D eigenvalue weighted by atomic mass is 9.99. The normalized spacial score (nSPS) is 10.8. The lowest BCUT2D eigenvalue weighted by Crippen LogP contribution is -1.96. The summed E-state index contributed by atoms with van der Waals surface area (Å²) in [6.07, 6.45) is 0. The molecule has 1 aromatic heterocycles. The van der Waals surface area contributed by atoms with Crippen molar-refractivity contribution >= 4 is 11.6 Å². The largest absolute Gasteiger partial charge is 0.228 e. The number of rotatable bonds is 5. The minimum atomic E-state index is 0.643. The van der Waals surface area contributed by atoms with Crippen LogP contribution >= 0.6 is 11.6 Å². The van der Waals surface area contributed by atoms with Gasteiger partial charge in [-0.05, 0) is 46.5 Å². The van der Waals surface area contributed by atoms with Gasteiger partial charge < -0.3 is 0 Å². The van der Waals surface area contributed by atoms with Crippen LogP contribution in [0.25, 0.3) is 56.2 Å². The van der Waals surface area contributed by atoms with Gasteiger partial charge in [0.2, 0.25) is 0 Å². The molecule has 1 heterocycles. The van der Waals surface area contributed by atoms with Gasteiger partial charge in [0.15, 0.2) is 5.82 Å². The second-order valence-electron chi connectivity index (χ2n) is 8.87. The van der Waals surface area contributed by atoms with Gasteiger partial charge in [0.25, 0.3) is 0 Å². The standard InChI is InChI=1S/C34H23ClN2/c35-31-21-29(26-18-16-25(17-19-26)24-10-4-1-5-11-24)20-30(22-31)34-36-32(27-12-6-2-7-13-27)23-33(37-34)28-14-8-3-9-15-28/h1-23H. The number of hydrogen-bond donors (Lipinski definition) is 0. The fraction of sp³-hybridized carbons (Fsp3) is 0. The molecule has 0 radical (unpaired) electrons. The van der Waals surface area contributed by atoms with E-state index in [1.165, 1.54) is 11.1 Å². The molecule has 0 atom stereocenters. The maximum Gasteiger partial charge on any atom is 0.160 e. The Hall–Kier alpha value is -4.53. The first kappa shape index (κ1) is 22.9. The first-order valence-corrected chi connectivity index (χ1v) is 12.6. The number of halogens is 1. The van der Waals surface area contributed by atoms with Crippen LogP contribution in [0.5, 0.6) is 0 Å². The smallest absolute Gasteiger partial charge is 0.160 e. The number of benzene rings is 5. The van der Waals surface area contributed by atoms with Crippen LogP contribution in [0, 0.1) is 0 Å². The van der Waals surface area contributed by atoms with Gasteiger partial charge in [-0.1, -0.05) is 127 Å². The van der Waals surface area contributed by atoms with Crippen molar-refractivity contribution in [3.05, 3.63) is 145 Å². The molecule has 0 fully saturated rings. The monoisotopic (exact) mass is 494 g/mol. The molecule has 5 aromatic carbocycles. The van der Waals surface area contributed by atoms with E-state index in [0.717, 1.165) is 39.2 Å². The first-order chi connectivity index (χ1) is 18.2. The Kier molecular flexibility index (Phi) is 6.33. The van der Waals surface area contributed by atoms with E-state index in [4.69, 9.17) is 21.6 Å². The summed E-state index contributed by atoms with van der Waals surface area (Å²) < 4.78 is 0. The second-order valence-corrected chi connectivity index (χ2v) is 9.30. The average Bonchev–Trinajstić information content (AvgIpc) is 2.98. The molecule has 3 heteroatoms. The van der Waals surface area contributed by atoms with Crippen molar-refractivity contribution < 1.29 is 0 Å². The molecule has 2 nitrogen and oxygen atoms in total. The molecule has 0 aliphatic heterocycles. The summed E-state index contributed by atoms with van der Waals surface area (Å²) in [7, 11) is 0. The lowest BCUT2D eigenvalue weighted by Gasteiger charge is -2.11. The summed E-state index contributed by atoms with van der Waals surface area (Å²) in [5.41, 5.74) is 9.20. The fourth-order valence-corrected chi connectivity index (χ4v) is 4.70. The Morgan fingerprint density at radius 1 is 0.351 bits per heavy atom. The number of nitrogens with zero attached hydrogens (tertiary/aromatic N) is 2. The molecule has 0 aliphatic carbocycles. The molecule has 37 heavy (non-hydrogen) atoms. The Morgan fingerprint density at radius 3 is 1.27 bits per heavy atom. The van der Waals surface area contributed by atoms with Crippen LogP contribution in [-0.2, 0) is 0 Å². The summed E-state index contributed by atoms with van der Waals surface area (Å²) in [5.74, 6) is 0.643. The second kappa shape index (κ2) is 10.2. The van der Waals surface area contributed by atoms with Crippen molar-refractivity contribution in [2.24, 2.45) is 0 Å². The van der Waals surface area contributed by atoms with Crippen LogP contribution in [0.15, 0.2) is 140 Å². The third-order valence-electron chi connectivity index (χ3n) is 6.35. The van der Waals surface area contributed by atoms with Crippen molar-refractivity contribution in [1.82, 2.24) is 9.97 Å². The number of hydrogen-bond acceptors (Lipinski definition) is 2. The van der Waals surface area contributed by atoms with Crippen LogP contribution in [0.4, 0.5) is 0 Å². The van der Waals surface area contributed by atoms with Gasteiger partial charge in [0.05, 0.1) is 11.4 Å². The maximum atomic E-state index is 6.63. The van der Waals surface area contributed by atoms with E-state index in [1.54, 1.807) is 0 Å². The molecule has 6 rings (SSSR count). The van der Waals surface area contributed by atoms with E-state index in [0.29, 0.717) is 10.8 Å². The SMILES string of the molecule is Clc1cc(-c2ccc(-c3ccccc3)cc2)cc(-c2nc(-c3ccccc3)cc(-c3ccccc3)n2)c1. The van der Waals surface area contributed by atoms with E-state index >= 15 is 0 Å². The Balaban J connectivity index is 1.44. The maximum absolute atomic E-state index is 6.63. The van der Waals surface area contributed by atoms with Crippen LogP contribution in [-0.4, -0.2) is 9.97 Å². The zero-order chi connectivity index (χ0) is 25.0. The van der Waals surface area contributed by atoms with Gasteiger partial charge in [-0.2, -0.15) is 0 Å².